The molecule has 2 fully saturated rings. The van der Waals surface area contributed by atoms with Crippen LogP contribution < -0.4 is 21.6 Å². The van der Waals surface area contributed by atoms with Crippen LogP contribution in [0.5, 0.6) is 0 Å². The number of imide groups is 1. The van der Waals surface area contributed by atoms with Gasteiger partial charge in [0, 0.05) is 48.2 Å². The van der Waals surface area contributed by atoms with Crippen molar-refractivity contribution in [2.24, 2.45) is 0 Å². The van der Waals surface area contributed by atoms with Gasteiger partial charge in [-0.25, -0.2) is 26.7 Å². The van der Waals surface area contributed by atoms with Gasteiger partial charge in [-0.15, -0.1) is 5.06 Å². The van der Waals surface area contributed by atoms with Crippen molar-refractivity contribution in [3.63, 3.8) is 0 Å². The van der Waals surface area contributed by atoms with Crippen LogP contribution in [0, 0.1) is 29.1 Å². The Balaban J connectivity index is 1.17. The van der Waals surface area contributed by atoms with Gasteiger partial charge in [0.25, 0.3) is 23.6 Å². The summed E-state index contributed by atoms with van der Waals surface area (Å²) in [5, 5.41) is 25.5. The van der Waals surface area contributed by atoms with Gasteiger partial charge in [-0.3, -0.25) is 24.0 Å². The maximum absolute atomic E-state index is 14.9. The molecule has 0 saturated carbocycles. The van der Waals surface area contributed by atoms with Crippen molar-refractivity contribution in [3.8, 4) is 0 Å². The van der Waals surface area contributed by atoms with Crippen molar-refractivity contribution in [2.45, 2.75) is 63.4 Å². The van der Waals surface area contributed by atoms with Crippen LogP contribution >= 0.6 is 0 Å². The van der Waals surface area contributed by atoms with Gasteiger partial charge in [-0.05, 0) is 59.2 Å². The van der Waals surface area contributed by atoms with Crippen LogP contribution in [-0.4, -0.2) is 94.4 Å². The Morgan fingerprint density at radius 2 is 1.37 bits per heavy atom. The van der Waals surface area contributed by atoms with Crippen LogP contribution in [-0.2, 0) is 53.0 Å². The Bertz CT molecular complexity index is 2190. The van der Waals surface area contributed by atoms with Gasteiger partial charge < -0.3 is 39.7 Å². The Morgan fingerprint density at radius 1 is 0.825 bits per heavy atom. The molecule has 0 aliphatic carbocycles. The van der Waals surface area contributed by atoms with Crippen molar-refractivity contribution in [3.05, 3.63) is 93.3 Å². The molecule has 4 aliphatic heterocycles. The first-order valence-electron chi connectivity index (χ1n) is 17.4. The molecule has 57 heavy (non-hydrogen) atoms. The highest BCUT2D eigenvalue weighted by molar-refractivity contribution is 6.62. The van der Waals surface area contributed by atoms with Crippen LogP contribution in [0.4, 0.5) is 22.0 Å². The minimum atomic E-state index is -2.46. The zero-order chi connectivity index (χ0) is 40.9. The predicted octanol–water partition coefficient (Wildman–Crippen LogP) is -0.445. The molecule has 0 bridgehead atoms. The smallest absolute Gasteiger partial charge is 0.423 e. The van der Waals surface area contributed by atoms with Crippen molar-refractivity contribution >= 4 is 60.7 Å². The van der Waals surface area contributed by atoms with E-state index in [-0.39, 0.29) is 60.7 Å². The van der Waals surface area contributed by atoms with Gasteiger partial charge in [0.15, 0.2) is 23.3 Å². The van der Waals surface area contributed by atoms with E-state index in [4.69, 9.17) is 14.1 Å². The van der Waals surface area contributed by atoms with E-state index in [0.29, 0.717) is 16.6 Å². The number of fused-ring (bicyclic) bond motifs is 2. The van der Waals surface area contributed by atoms with E-state index in [1.165, 1.54) is 30.3 Å². The Kier molecular flexibility index (Phi) is 10.9. The summed E-state index contributed by atoms with van der Waals surface area (Å²) in [6, 6.07) is 4.46. The third-order valence-corrected chi connectivity index (χ3v) is 10.0. The molecule has 4 heterocycles. The Morgan fingerprint density at radius 3 is 1.96 bits per heavy atom. The number of benzene rings is 3. The zero-order valence-corrected chi connectivity index (χ0v) is 29.4. The van der Waals surface area contributed by atoms with E-state index in [2.05, 4.69) is 10.6 Å². The molecule has 0 aromatic heterocycles. The Labute approximate surface area is 319 Å². The lowest BCUT2D eigenvalue weighted by molar-refractivity contribution is -0.197. The number of carbonyl (C=O) groups is 6. The summed E-state index contributed by atoms with van der Waals surface area (Å²) in [5.41, 5.74) is 0.565. The summed E-state index contributed by atoms with van der Waals surface area (Å²) >= 11 is 0. The molecule has 0 spiro atoms. The maximum Gasteiger partial charge on any atom is 0.491 e. The molecular weight excluding hydrogens is 769 g/mol. The minimum Gasteiger partial charge on any atom is -0.423 e. The molecular formula is C35H29B2F5N4O11. The quantitative estimate of drug-likeness (QED) is 0.0682. The third kappa shape index (κ3) is 7.72. The number of rotatable bonds is 10. The normalized spacial score (nSPS) is 19.2. The molecule has 3 atom stereocenters. The van der Waals surface area contributed by atoms with Gasteiger partial charge in [0.05, 0.1) is 19.6 Å². The molecule has 2 saturated heterocycles. The molecule has 15 nitrogen and oxygen atoms in total. The number of likely N-dealkylation sites (tertiary alicyclic amines) is 1. The van der Waals surface area contributed by atoms with Crippen molar-refractivity contribution in [2.75, 3.05) is 6.54 Å². The SMILES string of the molecule is O=C(C[C@@H](Cc1c(F)c(F)c(F)c(F)c1F)NC(=O)[C@@H]1C[C@@H](NC(=O)c2ccc3c(c2)B(O)OC3)CN1C(=O)c1ccc2c(c1)B(O)OC2)ON1C(=O)CCC1=O. The lowest BCUT2D eigenvalue weighted by atomic mass is 9.78. The van der Waals surface area contributed by atoms with Gasteiger partial charge >= 0.3 is 20.2 Å². The zero-order valence-electron chi connectivity index (χ0n) is 29.4. The number of hydroxylamine groups is 2. The van der Waals surface area contributed by atoms with Crippen LogP contribution in [0.3, 0.4) is 0 Å². The highest BCUT2D eigenvalue weighted by Crippen LogP contribution is 2.27. The largest absolute Gasteiger partial charge is 0.491 e. The summed E-state index contributed by atoms with van der Waals surface area (Å²) in [5.74, 6) is -17.3. The van der Waals surface area contributed by atoms with Crippen LogP contribution in [0.15, 0.2) is 36.4 Å². The standard InChI is InChI=1S/C35H29B2F5N4O11/c38-28-21(29(39)31(41)32(42)30(28)40)9-19(11-27(49)57-46-25(47)5-6-26(46)48)43-34(51)24-10-20(44-33(50)15-1-3-17-13-55-36(53)22(17)7-15)12-45(24)35(52)16-2-4-18-14-56-37(54)23(18)8-16/h1-4,7-8,19-20,24,53-54H,5-6,9-14H2,(H,43,51)(H,44,50)/t19-,20-,24+/m1/s1. The third-order valence-electron chi connectivity index (χ3n) is 10.0. The van der Waals surface area contributed by atoms with Crippen molar-refractivity contribution in [1.29, 1.82) is 0 Å². The number of hydrogen-bond acceptors (Lipinski definition) is 11. The first-order valence-corrected chi connectivity index (χ1v) is 17.4. The van der Waals surface area contributed by atoms with E-state index in [1.54, 1.807) is 6.07 Å². The number of nitrogens with zero attached hydrogens (tertiary/aromatic N) is 2. The number of nitrogens with one attached hydrogen (secondary N) is 2. The van der Waals surface area contributed by atoms with Crippen LogP contribution in [0.1, 0.15) is 63.1 Å². The Hall–Kier alpha value is -5.70. The van der Waals surface area contributed by atoms with Gasteiger partial charge in [-0.2, -0.15) is 0 Å². The molecule has 4 aliphatic rings. The van der Waals surface area contributed by atoms with Crippen molar-refractivity contribution in [1.82, 2.24) is 20.6 Å². The van der Waals surface area contributed by atoms with E-state index in [0.717, 1.165) is 4.90 Å². The van der Waals surface area contributed by atoms with E-state index >= 15 is 0 Å². The second-order valence-electron chi connectivity index (χ2n) is 13.7. The lowest BCUT2D eigenvalue weighted by Crippen LogP contribution is -2.50. The van der Waals surface area contributed by atoms with E-state index < -0.39 is 115 Å². The average Bonchev–Trinajstić information content (AvgIpc) is 3.97. The summed E-state index contributed by atoms with van der Waals surface area (Å²) in [6.45, 7) is -0.121. The molecule has 3 aromatic carbocycles. The first-order chi connectivity index (χ1) is 27.1. The second kappa shape index (κ2) is 15.7. The number of carbonyl (C=O) groups excluding carboxylic acids is 6. The van der Waals surface area contributed by atoms with Gasteiger partial charge in [0.1, 0.15) is 6.04 Å². The molecule has 0 radical (unpaired) electrons. The maximum atomic E-state index is 14.9. The number of amides is 5. The predicted molar refractivity (Wildman–Crippen MR) is 182 cm³/mol. The van der Waals surface area contributed by atoms with Gasteiger partial charge in [0.2, 0.25) is 11.7 Å². The fourth-order valence-corrected chi connectivity index (χ4v) is 7.10. The average molecular weight is 798 g/mol. The summed E-state index contributed by atoms with van der Waals surface area (Å²) < 4.78 is 82.4. The number of hydrogen-bond donors (Lipinski definition) is 4. The lowest BCUT2D eigenvalue weighted by Gasteiger charge is -2.27. The summed E-state index contributed by atoms with van der Waals surface area (Å²) in [6.07, 6.45) is -3.16. The van der Waals surface area contributed by atoms with Crippen molar-refractivity contribution < 1.29 is 74.9 Å². The molecule has 22 heteroatoms. The minimum absolute atomic E-state index is 0.0165. The molecule has 5 amide bonds. The topological polar surface area (TPSA) is 201 Å². The highest BCUT2D eigenvalue weighted by atomic mass is 19.2. The fraction of sp³-hybridized carbons (Fsp3) is 0.314. The molecule has 7 rings (SSSR count). The van der Waals surface area contributed by atoms with E-state index in [1.807, 2.05) is 0 Å². The summed E-state index contributed by atoms with van der Waals surface area (Å²) in [4.78, 5) is 84.4. The monoisotopic (exact) mass is 798 g/mol. The van der Waals surface area contributed by atoms with Gasteiger partial charge in [-0.1, -0.05) is 12.1 Å². The molecule has 4 N–H and O–H groups in total. The second-order valence-corrected chi connectivity index (χ2v) is 13.7. The highest BCUT2D eigenvalue weighted by Gasteiger charge is 2.43. The van der Waals surface area contributed by atoms with Crippen LogP contribution in [0.2, 0.25) is 0 Å². The molecule has 0 unspecified atom stereocenters. The first kappa shape index (κ1) is 39.5. The molecule has 3 aromatic rings. The van der Waals surface area contributed by atoms with Crippen LogP contribution in [0.25, 0.3) is 0 Å². The molecule has 296 valence electrons. The summed E-state index contributed by atoms with van der Waals surface area (Å²) in [7, 11) is -2.61. The van der Waals surface area contributed by atoms with E-state index in [9.17, 15) is 60.8 Å². The fourth-order valence-electron chi connectivity index (χ4n) is 7.10. The number of halogens is 5.